The zero-order valence-electron chi connectivity index (χ0n) is 10.1. The van der Waals surface area contributed by atoms with Crippen LogP contribution in [0.4, 0.5) is 0 Å². The lowest BCUT2D eigenvalue weighted by Gasteiger charge is -2.04. The maximum absolute atomic E-state index is 11.3. The number of carbonyl (C=O) groups is 1. The summed E-state index contributed by atoms with van der Waals surface area (Å²) in [6.45, 7) is 4.91. The molecule has 0 radical (unpaired) electrons. The standard InChI is InChI=1S/C13H16N2O2/c1-3-17-12(16)6-8-15-9-10(2)11-5-4-7-14-13(11)15/h4-5,7,9H,3,6,8H2,1-2H3. The van der Waals surface area contributed by atoms with Gasteiger partial charge in [-0.1, -0.05) is 0 Å². The van der Waals surface area contributed by atoms with Crippen LogP contribution >= 0.6 is 0 Å². The number of fused-ring (bicyclic) bond motifs is 1. The van der Waals surface area contributed by atoms with Crippen molar-refractivity contribution in [1.29, 1.82) is 0 Å². The number of carbonyl (C=O) groups excluding carboxylic acids is 1. The van der Waals surface area contributed by atoms with Crippen LogP contribution in [0.5, 0.6) is 0 Å². The topological polar surface area (TPSA) is 44.1 Å². The molecule has 0 aliphatic carbocycles. The van der Waals surface area contributed by atoms with Crippen molar-refractivity contribution >= 4 is 17.0 Å². The second-order valence-corrected chi connectivity index (χ2v) is 3.94. The number of hydrogen-bond acceptors (Lipinski definition) is 3. The molecule has 0 aliphatic heterocycles. The smallest absolute Gasteiger partial charge is 0.307 e. The Balaban J connectivity index is 2.16. The number of nitrogens with zero attached hydrogens (tertiary/aromatic N) is 2. The zero-order chi connectivity index (χ0) is 12.3. The third-order valence-electron chi connectivity index (χ3n) is 2.70. The van der Waals surface area contributed by atoms with E-state index in [0.717, 1.165) is 11.0 Å². The molecule has 0 spiro atoms. The summed E-state index contributed by atoms with van der Waals surface area (Å²) in [5.41, 5.74) is 2.10. The minimum absolute atomic E-state index is 0.164. The van der Waals surface area contributed by atoms with Crippen LogP contribution in [0.25, 0.3) is 11.0 Å². The summed E-state index contributed by atoms with van der Waals surface area (Å²) in [5, 5.41) is 1.14. The van der Waals surface area contributed by atoms with Gasteiger partial charge < -0.3 is 9.30 Å². The van der Waals surface area contributed by atoms with Crippen LogP contribution in [0, 0.1) is 6.92 Å². The molecule has 0 aromatic carbocycles. The summed E-state index contributed by atoms with van der Waals surface area (Å²) >= 11 is 0. The summed E-state index contributed by atoms with van der Waals surface area (Å²) in [7, 11) is 0. The molecule has 2 aromatic heterocycles. The van der Waals surface area contributed by atoms with E-state index < -0.39 is 0 Å². The number of esters is 1. The van der Waals surface area contributed by atoms with Gasteiger partial charge in [0.05, 0.1) is 13.0 Å². The highest BCUT2D eigenvalue weighted by Gasteiger charge is 2.08. The van der Waals surface area contributed by atoms with Crippen LogP contribution in [0.2, 0.25) is 0 Å². The molecule has 0 atom stereocenters. The molecule has 4 heteroatoms. The first-order valence-electron chi connectivity index (χ1n) is 5.78. The van der Waals surface area contributed by atoms with E-state index in [1.807, 2.05) is 36.7 Å². The highest BCUT2D eigenvalue weighted by atomic mass is 16.5. The molecular formula is C13H16N2O2. The minimum atomic E-state index is -0.164. The highest BCUT2D eigenvalue weighted by Crippen LogP contribution is 2.18. The van der Waals surface area contributed by atoms with Gasteiger partial charge in [0.1, 0.15) is 5.65 Å². The molecule has 17 heavy (non-hydrogen) atoms. The molecule has 2 heterocycles. The Morgan fingerprint density at radius 1 is 1.53 bits per heavy atom. The first-order chi connectivity index (χ1) is 8.22. The predicted octanol–water partition coefficient (Wildman–Crippen LogP) is 2.30. The van der Waals surface area contributed by atoms with Crippen LogP contribution in [-0.2, 0) is 16.1 Å². The number of hydrogen-bond donors (Lipinski definition) is 0. The lowest BCUT2D eigenvalue weighted by molar-refractivity contribution is -0.143. The van der Waals surface area contributed by atoms with Gasteiger partial charge in [-0.05, 0) is 31.5 Å². The van der Waals surface area contributed by atoms with Gasteiger partial charge in [-0.2, -0.15) is 0 Å². The molecule has 2 aromatic rings. The van der Waals surface area contributed by atoms with Crippen molar-refractivity contribution in [1.82, 2.24) is 9.55 Å². The Labute approximate surface area is 100 Å². The van der Waals surface area contributed by atoms with Crippen molar-refractivity contribution in [2.24, 2.45) is 0 Å². The average Bonchev–Trinajstić information content (AvgIpc) is 2.65. The lowest BCUT2D eigenvalue weighted by Crippen LogP contribution is -2.08. The van der Waals surface area contributed by atoms with Crippen LogP contribution in [0.15, 0.2) is 24.5 Å². The van der Waals surface area contributed by atoms with Crippen molar-refractivity contribution in [3.63, 3.8) is 0 Å². The summed E-state index contributed by atoms with van der Waals surface area (Å²) in [4.78, 5) is 15.6. The van der Waals surface area contributed by atoms with Gasteiger partial charge in [0.15, 0.2) is 0 Å². The second-order valence-electron chi connectivity index (χ2n) is 3.94. The van der Waals surface area contributed by atoms with Crippen molar-refractivity contribution < 1.29 is 9.53 Å². The van der Waals surface area contributed by atoms with E-state index in [0.29, 0.717) is 19.6 Å². The monoisotopic (exact) mass is 232 g/mol. The summed E-state index contributed by atoms with van der Waals surface area (Å²) in [6, 6.07) is 3.96. The molecule has 2 rings (SSSR count). The Hall–Kier alpha value is -1.84. The fourth-order valence-electron chi connectivity index (χ4n) is 1.91. The van der Waals surface area contributed by atoms with Gasteiger partial charge in [-0.3, -0.25) is 4.79 Å². The maximum Gasteiger partial charge on any atom is 0.307 e. The van der Waals surface area contributed by atoms with Gasteiger partial charge in [0, 0.05) is 24.3 Å². The predicted molar refractivity (Wildman–Crippen MR) is 65.7 cm³/mol. The van der Waals surface area contributed by atoms with Crippen molar-refractivity contribution in [2.75, 3.05) is 6.61 Å². The number of pyridine rings is 1. The van der Waals surface area contributed by atoms with Gasteiger partial charge in [0.2, 0.25) is 0 Å². The van der Waals surface area contributed by atoms with Gasteiger partial charge >= 0.3 is 5.97 Å². The number of ether oxygens (including phenoxy) is 1. The Bertz CT molecular complexity index is 531. The third-order valence-corrected chi connectivity index (χ3v) is 2.70. The maximum atomic E-state index is 11.3. The number of aryl methyl sites for hydroxylation is 2. The Kier molecular flexibility index (Phi) is 3.42. The van der Waals surface area contributed by atoms with Gasteiger partial charge in [-0.15, -0.1) is 0 Å². The zero-order valence-corrected chi connectivity index (χ0v) is 10.1. The first-order valence-corrected chi connectivity index (χ1v) is 5.78. The van der Waals surface area contributed by atoms with Crippen LogP contribution in [-0.4, -0.2) is 22.1 Å². The van der Waals surface area contributed by atoms with Crippen molar-refractivity contribution in [3.8, 4) is 0 Å². The van der Waals surface area contributed by atoms with Gasteiger partial charge in [-0.25, -0.2) is 4.98 Å². The van der Waals surface area contributed by atoms with Crippen molar-refractivity contribution in [2.45, 2.75) is 26.8 Å². The third kappa shape index (κ3) is 2.46. The van der Waals surface area contributed by atoms with E-state index in [1.165, 1.54) is 5.56 Å². The fraction of sp³-hybridized carbons (Fsp3) is 0.385. The van der Waals surface area contributed by atoms with E-state index in [4.69, 9.17) is 4.74 Å². The molecule has 0 aliphatic rings. The molecule has 0 saturated heterocycles. The average molecular weight is 232 g/mol. The Morgan fingerprint density at radius 3 is 3.12 bits per heavy atom. The highest BCUT2D eigenvalue weighted by molar-refractivity contribution is 5.80. The van der Waals surface area contributed by atoms with Crippen LogP contribution < -0.4 is 0 Å². The molecule has 0 fully saturated rings. The first kappa shape index (κ1) is 11.6. The SMILES string of the molecule is CCOC(=O)CCn1cc(C)c2cccnc21. The largest absolute Gasteiger partial charge is 0.466 e. The van der Waals surface area contributed by atoms with Crippen molar-refractivity contribution in [3.05, 3.63) is 30.1 Å². The quantitative estimate of drug-likeness (QED) is 0.760. The van der Waals surface area contributed by atoms with Gasteiger partial charge in [0.25, 0.3) is 0 Å². The molecule has 90 valence electrons. The normalized spacial score (nSPS) is 10.7. The lowest BCUT2D eigenvalue weighted by atomic mass is 10.2. The molecule has 0 N–H and O–H groups in total. The van der Waals surface area contributed by atoms with E-state index >= 15 is 0 Å². The van der Waals surface area contributed by atoms with E-state index in [-0.39, 0.29) is 5.97 Å². The second kappa shape index (κ2) is 4.99. The Morgan fingerprint density at radius 2 is 2.35 bits per heavy atom. The van der Waals surface area contributed by atoms with Crippen LogP contribution in [0.1, 0.15) is 18.9 Å². The molecule has 0 saturated carbocycles. The summed E-state index contributed by atoms with van der Waals surface area (Å²) in [6.07, 6.45) is 4.17. The fourth-order valence-corrected chi connectivity index (χ4v) is 1.91. The van der Waals surface area contributed by atoms with E-state index in [9.17, 15) is 4.79 Å². The molecular weight excluding hydrogens is 216 g/mol. The molecule has 4 nitrogen and oxygen atoms in total. The van der Waals surface area contributed by atoms with Crippen LogP contribution in [0.3, 0.4) is 0 Å². The molecule has 0 amide bonds. The number of aromatic nitrogens is 2. The number of rotatable bonds is 4. The molecule has 0 bridgehead atoms. The summed E-state index contributed by atoms with van der Waals surface area (Å²) in [5.74, 6) is -0.164. The van der Waals surface area contributed by atoms with E-state index in [1.54, 1.807) is 6.20 Å². The molecule has 0 unspecified atom stereocenters. The van der Waals surface area contributed by atoms with E-state index in [2.05, 4.69) is 4.98 Å². The minimum Gasteiger partial charge on any atom is -0.466 e. The summed E-state index contributed by atoms with van der Waals surface area (Å²) < 4.78 is 6.91.